The normalized spacial score (nSPS) is 34.9. The van der Waals surface area contributed by atoms with Crippen LogP contribution in [0.1, 0.15) is 39.0 Å². The van der Waals surface area contributed by atoms with Gasteiger partial charge in [0.2, 0.25) is 10.0 Å². The van der Waals surface area contributed by atoms with Crippen molar-refractivity contribution in [2.24, 2.45) is 5.73 Å². The van der Waals surface area contributed by atoms with Gasteiger partial charge in [0.25, 0.3) is 0 Å². The number of hydrogen-bond donors (Lipinski definition) is 1. The van der Waals surface area contributed by atoms with Crippen LogP contribution in [0.3, 0.4) is 0 Å². The summed E-state index contributed by atoms with van der Waals surface area (Å²) in [5, 5.41) is 0. The van der Waals surface area contributed by atoms with Crippen molar-refractivity contribution in [3.63, 3.8) is 0 Å². The van der Waals surface area contributed by atoms with Gasteiger partial charge in [0.15, 0.2) is 0 Å². The number of hydrogen-bond acceptors (Lipinski definition) is 4. The maximum Gasteiger partial charge on any atom is 0.217 e. The Morgan fingerprint density at radius 3 is 2.67 bits per heavy atom. The molecule has 2 saturated heterocycles. The first-order valence-electron chi connectivity index (χ1n) is 6.87. The molecule has 2 aliphatic heterocycles. The van der Waals surface area contributed by atoms with Crippen LogP contribution in [0.15, 0.2) is 0 Å². The summed E-state index contributed by atoms with van der Waals surface area (Å²) in [6, 6.07) is 0.0406. The summed E-state index contributed by atoms with van der Waals surface area (Å²) in [4.78, 5) is 0. The lowest BCUT2D eigenvalue weighted by molar-refractivity contribution is 0.123. The van der Waals surface area contributed by atoms with E-state index in [1.807, 2.05) is 6.92 Å². The first-order valence-corrected chi connectivity index (χ1v) is 8.48. The van der Waals surface area contributed by atoms with Crippen molar-refractivity contribution in [1.82, 2.24) is 4.31 Å². The molecule has 2 N–H and O–H groups in total. The van der Waals surface area contributed by atoms with E-state index < -0.39 is 10.0 Å². The summed E-state index contributed by atoms with van der Waals surface area (Å²) in [6.07, 6.45) is 4.58. The number of nitrogens with zero attached hydrogens (tertiary/aromatic N) is 1. The van der Waals surface area contributed by atoms with Crippen LogP contribution in [0, 0.1) is 0 Å². The third kappa shape index (κ3) is 3.04. The lowest BCUT2D eigenvalue weighted by Crippen LogP contribution is -2.53. The van der Waals surface area contributed by atoms with E-state index in [0.29, 0.717) is 13.2 Å². The zero-order chi connectivity index (χ0) is 13.2. The van der Waals surface area contributed by atoms with E-state index in [2.05, 4.69) is 0 Å². The van der Waals surface area contributed by atoms with Crippen molar-refractivity contribution in [3.8, 4) is 0 Å². The molecule has 106 valence electrons. The van der Waals surface area contributed by atoms with Gasteiger partial charge in [-0.3, -0.25) is 0 Å². The van der Waals surface area contributed by atoms with Crippen LogP contribution in [0.4, 0.5) is 0 Å². The molecular weight excluding hydrogens is 252 g/mol. The van der Waals surface area contributed by atoms with Gasteiger partial charge in [0, 0.05) is 25.2 Å². The van der Waals surface area contributed by atoms with Crippen molar-refractivity contribution in [2.75, 3.05) is 18.9 Å². The molecule has 0 saturated carbocycles. The van der Waals surface area contributed by atoms with E-state index in [1.54, 1.807) is 4.31 Å². The van der Waals surface area contributed by atoms with Gasteiger partial charge in [-0.05, 0) is 32.6 Å². The standard InChI is InChI=1S/C12H24N2O3S/c1-10-4-2-5-11(8-13)14(10)18(15,16)9-12-6-3-7-17-12/h10-12H,2-9,13H2,1H3. The third-order valence-corrected chi connectivity index (χ3v) is 6.06. The SMILES string of the molecule is CC1CCCC(CN)N1S(=O)(=O)CC1CCCO1. The molecule has 0 amide bonds. The molecule has 5 nitrogen and oxygen atoms in total. The number of ether oxygens (including phenoxy) is 1. The molecule has 2 fully saturated rings. The minimum atomic E-state index is -3.25. The van der Waals surface area contributed by atoms with Gasteiger partial charge in [-0.1, -0.05) is 6.42 Å². The highest BCUT2D eigenvalue weighted by Crippen LogP contribution is 2.27. The second-order valence-electron chi connectivity index (χ2n) is 5.41. The van der Waals surface area contributed by atoms with E-state index in [9.17, 15) is 8.42 Å². The fourth-order valence-electron chi connectivity index (χ4n) is 3.08. The molecule has 0 aromatic rings. The van der Waals surface area contributed by atoms with Gasteiger partial charge in [-0.2, -0.15) is 4.31 Å². The van der Waals surface area contributed by atoms with Crippen molar-refractivity contribution in [1.29, 1.82) is 0 Å². The Morgan fingerprint density at radius 1 is 1.28 bits per heavy atom. The lowest BCUT2D eigenvalue weighted by Gasteiger charge is -2.39. The molecule has 2 aliphatic rings. The molecule has 3 atom stereocenters. The van der Waals surface area contributed by atoms with Gasteiger partial charge < -0.3 is 10.5 Å². The highest BCUT2D eigenvalue weighted by Gasteiger charge is 2.38. The fourth-order valence-corrected chi connectivity index (χ4v) is 5.29. The predicted molar refractivity (Wildman–Crippen MR) is 70.8 cm³/mol. The molecule has 0 bridgehead atoms. The van der Waals surface area contributed by atoms with Crippen LogP contribution in [-0.4, -0.2) is 49.8 Å². The number of sulfonamides is 1. The van der Waals surface area contributed by atoms with E-state index >= 15 is 0 Å². The van der Waals surface area contributed by atoms with Crippen LogP contribution >= 0.6 is 0 Å². The van der Waals surface area contributed by atoms with Gasteiger partial charge in [0.05, 0.1) is 11.9 Å². The summed E-state index contributed by atoms with van der Waals surface area (Å²) >= 11 is 0. The van der Waals surface area contributed by atoms with Crippen molar-refractivity contribution < 1.29 is 13.2 Å². The molecule has 0 spiro atoms. The first kappa shape index (κ1) is 14.2. The highest BCUT2D eigenvalue weighted by atomic mass is 32.2. The largest absolute Gasteiger partial charge is 0.377 e. The summed E-state index contributed by atoms with van der Waals surface area (Å²) in [5.41, 5.74) is 5.72. The van der Waals surface area contributed by atoms with E-state index in [4.69, 9.17) is 10.5 Å². The molecular formula is C12H24N2O3S. The zero-order valence-corrected chi connectivity index (χ0v) is 11.9. The number of piperidine rings is 1. The fraction of sp³-hybridized carbons (Fsp3) is 1.00. The first-order chi connectivity index (χ1) is 8.54. The lowest BCUT2D eigenvalue weighted by atomic mass is 10.00. The van der Waals surface area contributed by atoms with Crippen molar-refractivity contribution >= 4 is 10.0 Å². The van der Waals surface area contributed by atoms with Gasteiger partial charge in [-0.25, -0.2) is 8.42 Å². The molecule has 0 radical (unpaired) electrons. The average molecular weight is 276 g/mol. The number of rotatable bonds is 4. The van der Waals surface area contributed by atoms with Crippen LogP contribution in [-0.2, 0) is 14.8 Å². The smallest absolute Gasteiger partial charge is 0.217 e. The Labute approximate surface area is 110 Å². The van der Waals surface area contributed by atoms with Crippen LogP contribution in [0.5, 0.6) is 0 Å². The molecule has 0 aromatic heterocycles. The summed E-state index contributed by atoms with van der Waals surface area (Å²) < 4.78 is 32.1. The molecule has 3 unspecified atom stereocenters. The van der Waals surface area contributed by atoms with Crippen LogP contribution in [0.2, 0.25) is 0 Å². The summed E-state index contributed by atoms with van der Waals surface area (Å²) in [5.74, 6) is 0.119. The van der Waals surface area contributed by atoms with Gasteiger partial charge in [-0.15, -0.1) is 0 Å². The summed E-state index contributed by atoms with van der Waals surface area (Å²) in [7, 11) is -3.25. The Hall–Kier alpha value is -0.170. The number of nitrogens with two attached hydrogens (primary N) is 1. The molecule has 2 heterocycles. The Kier molecular flexibility index (Phi) is 4.64. The van der Waals surface area contributed by atoms with E-state index in [-0.39, 0.29) is 23.9 Å². The third-order valence-electron chi connectivity index (χ3n) is 3.97. The second-order valence-corrected chi connectivity index (χ2v) is 7.33. The quantitative estimate of drug-likeness (QED) is 0.820. The maximum absolute atomic E-state index is 12.5. The average Bonchev–Trinajstić information content (AvgIpc) is 2.80. The maximum atomic E-state index is 12.5. The molecule has 18 heavy (non-hydrogen) atoms. The van der Waals surface area contributed by atoms with Crippen LogP contribution in [0.25, 0.3) is 0 Å². The molecule has 0 aliphatic carbocycles. The Morgan fingerprint density at radius 2 is 2.06 bits per heavy atom. The molecule has 0 aromatic carbocycles. The monoisotopic (exact) mass is 276 g/mol. The minimum Gasteiger partial charge on any atom is -0.377 e. The minimum absolute atomic E-state index is 0.0276. The Balaban J connectivity index is 2.09. The van der Waals surface area contributed by atoms with Gasteiger partial charge in [0.1, 0.15) is 0 Å². The topological polar surface area (TPSA) is 72.6 Å². The van der Waals surface area contributed by atoms with Crippen molar-refractivity contribution in [2.45, 2.75) is 57.2 Å². The van der Waals surface area contributed by atoms with Gasteiger partial charge >= 0.3 is 0 Å². The summed E-state index contributed by atoms with van der Waals surface area (Å²) in [6.45, 7) is 3.08. The highest BCUT2D eigenvalue weighted by molar-refractivity contribution is 7.89. The zero-order valence-electron chi connectivity index (χ0n) is 11.0. The van der Waals surface area contributed by atoms with E-state index in [0.717, 1.165) is 32.1 Å². The second kappa shape index (κ2) is 5.86. The predicted octanol–water partition coefficient (Wildman–Crippen LogP) is 0.697. The van der Waals surface area contributed by atoms with Crippen LogP contribution < -0.4 is 5.73 Å². The Bertz CT molecular complexity index is 366. The van der Waals surface area contributed by atoms with E-state index in [1.165, 1.54) is 0 Å². The van der Waals surface area contributed by atoms with Crippen molar-refractivity contribution in [3.05, 3.63) is 0 Å². The molecule has 6 heteroatoms. The molecule has 2 rings (SSSR count).